The van der Waals surface area contributed by atoms with Crippen LogP contribution in [0.3, 0.4) is 0 Å². The van der Waals surface area contributed by atoms with E-state index in [-0.39, 0.29) is 17.1 Å². The molecule has 0 bridgehead atoms. The highest BCUT2D eigenvalue weighted by Crippen LogP contribution is 2.34. The summed E-state index contributed by atoms with van der Waals surface area (Å²) in [6.07, 6.45) is 4.25. The third kappa shape index (κ3) is 4.88. The summed E-state index contributed by atoms with van der Waals surface area (Å²) >= 11 is 0. The molecule has 0 aromatic heterocycles. The highest BCUT2D eigenvalue weighted by atomic mass is 32.2. The predicted molar refractivity (Wildman–Crippen MR) is 116 cm³/mol. The minimum absolute atomic E-state index is 0.0993. The predicted octanol–water partition coefficient (Wildman–Crippen LogP) is 3.94. The summed E-state index contributed by atoms with van der Waals surface area (Å²) in [7, 11) is -3.84. The molecule has 1 aliphatic rings. The van der Waals surface area contributed by atoms with Crippen LogP contribution in [0.2, 0.25) is 0 Å². The number of amides is 1. The molecule has 1 aliphatic heterocycles. The molecule has 0 fully saturated rings. The van der Waals surface area contributed by atoms with E-state index >= 15 is 0 Å². The molecule has 0 atom stereocenters. The summed E-state index contributed by atoms with van der Waals surface area (Å²) in [6.45, 7) is 2.75. The molecule has 1 N–H and O–H groups in total. The van der Waals surface area contributed by atoms with Crippen molar-refractivity contribution in [3.63, 3.8) is 0 Å². The molecule has 0 saturated heterocycles. The van der Waals surface area contributed by atoms with Gasteiger partial charge in [-0.1, -0.05) is 74.0 Å². The molecule has 0 saturated carbocycles. The molecule has 2 aromatic rings. The highest BCUT2D eigenvalue weighted by Gasteiger charge is 2.43. The van der Waals surface area contributed by atoms with Gasteiger partial charge in [0, 0.05) is 13.1 Å². The van der Waals surface area contributed by atoms with Gasteiger partial charge in [0.1, 0.15) is 10.6 Å². The third-order valence-corrected chi connectivity index (χ3v) is 6.89. The molecule has 0 unspecified atom stereocenters. The van der Waals surface area contributed by atoms with Crippen molar-refractivity contribution in [1.29, 1.82) is 0 Å². The van der Waals surface area contributed by atoms with Gasteiger partial charge in [-0.25, -0.2) is 12.7 Å². The zero-order valence-corrected chi connectivity index (χ0v) is 17.6. The zero-order chi connectivity index (χ0) is 20.7. The monoisotopic (exact) mass is 412 g/mol. The quantitative estimate of drug-likeness (QED) is 0.600. The van der Waals surface area contributed by atoms with Gasteiger partial charge in [-0.2, -0.15) is 0 Å². The largest absolute Gasteiger partial charge is 0.379 e. The van der Waals surface area contributed by atoms with E-state index in [0.29, 0.717) is 18.5 Å². The second-order valence-corrected chi connectivity index (χ2v) is 8.97. The van der Waals surface area contributed by atoms with Crippen LogP contribution in [0.1, 0.15) is 43.7 Å². The number of rotatable bonds is 10. The van der Waals surface area contributed by atoms with Crippen LogP contribution in [0.5, 0.6) is 0 Å². The first-order valence-electron chi connectivity index (χ1n) is 10.2. The first-order chi connectivity index (χ1) is 14.1. The van der Waals surface area contributed by atoms with Crippen molar-refractivity contribution >= 4 is 20.8 Å². The van der Waals surface area contributed by atoms with E-state index in [4.69, 9.17) is 0 Å². The van der Waals surface area contributed by atoms with Gasteiger partial charge < -0.3 is 5.32 Å². The van der Waals surface area contributed by atoms with Crippen molar-refractivity contribution in [1.82, 2.24) is 9.62 Å². The van der Waals surface area contributed by atoms with Crippen LogP contribution in [0.4, 0.5) is 0 Å². The number of hydrogen-bond donors (Lipinski definition) is 1. The first kappa shape index (κ1) is 21.1. The Morgan fingerprint density at radius 2 is 1.55 bits per heavy atom. The number of aryl methyl sites for hydroxylation is 1. The number of carbonyl (C=O) groups excluding carboxylic acids is 1. The van der Waals surface area contributed by atoms with Crippen LogP contribution in [0, 0.1) is 0 Å². The average Bonchev–Trinajstić information content (AvgIpc) is 2.92. The maximum atomic E-state index is 13.1. The van der Waals surface area contributed by atoms with Crippen LogP contribution in [-0.2, 0) is 21.2 Å². The number of nitrogens with one attached hydrogen (secondary N) is 1. The van der Waals surface area contributed by atoms with Crippen molar-refractivity contribution in [3.8, 4) is 0 Å². The first-order valence-corrected chi connectivity index (χ1v) is 11.6. The standard InChI is InChI=1S/C23H28N2O3S/c1-2-3-18-25-23(26)21(22(29(25,27)28)20-15-8-5-9-16-20)24-17-11-10-14-19-12-6-4-7-13-19/h4-9,12-13,15-16,24H,2-3,10-11,14,17-18H2,1H3. The van der Waals surface area contributed by atoms with Crippen LogP contribution < -0.4 is 5.32 Å². The molecule has 29 heavy (non-hydrogen) atoms. The summed E-state index contributed by atoms with van der Waals surface area (Å²) in [5.74, 6) is -0.444. The Morgan fingerprint density at radius 1 is 0.897 bits per heavy atom. The lowest BCUT2D eigenvalue weighted by Gasteiger charge is -2.16. The van der Waals surface area contributed by atoms with Crippen molar-refractivity contribution < 1.29 is 13.2 Å². The van der Waals surface area contributed by atoms with Gasteiger partial charge in [-0.05, 0) is 36.8 Å². The van der Waals surface area contributed by atoms with E-state index < -0.39 is 15.9 Å². The van der Waals surface area contributed by atoms with Gasteiger partial charge in [-0.15, -0.1) is 0 Å². The molecule has 0 aliphatic carbocycles. The SMILES string of the molecule is CCCCN1C(=O)C(NCCCCc2ccccc2)=C(c2ccccc2)S1(=O)=O. The van der Waals surface area contributed by atoms with Crippen molar-refractivity contribution in [2.45, 2.75) is 39.0 Å². The maximum absolute atomic E-state index is 13.1. The second-order valence-electron chi connectivity index (χ2n) is 7.18. The lowest BCUT2D eigenvalue weighted by atomic mass is 10.1. The summed E-state index contributed by atoms with van der Waals surface area (Å²) in [4.78, 5) is 13.0. The maximum Gasteiger partial charge on any atom is 0.285 e. The lowest BCUT2D eigenvalue weighted by Crippen LogP contribution is -2.34. The van der Waals surface area contributed by atoms with Crippen LogP contribution in [0.15, 0.2) is 66.4 Å². The number of benzene rings is 2. The minimum atomic E-state index is -3.84. The van der Waals surface area contributed by atoms with Gasteiger partial charge >= 0.3 is 0 Å². The second kappa shape index (κ2) is 9.74. The molecule has 154 valence electrons. The Hall–Kier alpha value is -2.60. The van der Waals surface area contributed by atoms with Crippen LogP contribution in [-0.4, -0.2) is 31.7 Å². The Morgan fingerprint density at radius 3 is 2.21 bits per heavy atom. The number of hydrogen-bond acceptors (Lipinski definition) is 4. The average molecular weight is 413 g/mol. The molecular weight excluding hydrogens is 384 g/mol. The van der Waals surface area contributed by atoms with E-state index in [0.717, 1.165) is 30.0 Å². The molecule has 1 heterocycles. The molecule has 3 rings (SSSR count). The Bertz CT molecular complexity index is 954. The minimum Gasteiger partial charge on any atom is -0.379 e. The van der Waals surface area contributed by atoms with Crippen molar-refractivity contribution in [2.75, 3.05) is 13.1 Å². The summed E-state index contributed by atoms with van der Waals surface area (Å²) in [6, 6.07) is 19.1. The fourth-order valence-electron chi connectivity index (χ4n) is 3.44. The lowest BCUT2D eigenvalue weighted by molar-refractivity contribution is -0.122. The van der Waals surface area contributed by atoms with E-state index in [1.54, 1.807) is 24.3 Å². The topological polar surface area (TPSA) is 66.5 Å². The number of nitrogens with zero attached hydrogens (tertiary/aromatic N) is 1. The summed E-state index contributed by atoms with van der Waals surface area (Å²) in [5, 5.41) is 3.14. The third-order valence-electron chi connectivity index (χ3n) is 5.00. The Kier molecular flexibility index (Phi) is 7.09. The van der Waals surface area contributed by atoms with E-state index in [1.807, 2.05) is 31.2 Å². The Balaban J connectivity index is 1.74. The van der Waals surface area contributed by atoms with Crippen molar-refractivity contribution in [3.05, 3.63) is 77.5 Å². The molecule has 0 radical (unpaired) electrons. The molecular formula is C23H28N2O3S. The normalized spacial score (nSPS) is 15.8. The molecule has 2 aromatic carbocycles. The van der Waals surface area contributed by atoms with Gasteiger partial charge in [0.25, 0.3) is 15.9 Å². The van der Waals surface area contributed by atoms with E-state index in [2.05, 4.69) is 17.4 Å². The summed E-state index contributed by atoms with van der Waals surface area (Å²) in [5.41, 5.74) is 2.03. The van der Waals surface area contributed by atoms with Crippen LogP contribution >= 0.6 is 0 Å². The zero-order valence-electron chi connectivity index (χ0n) is 16.8. The van der Waals surface area contributed by atoms with Crippen LogP contribution in [0.25, 0.3) is 4.91 Å². The van der Waals surface area contributed by atoms with E-state index in [9.17, 15) is 13.2 Å². The molecule has 5 nitrogen and oxygen atoms in total. The molecule has 1 amide bonds. The fraction of sp³-hybridized carbons (Fsp3) is 0.348. The number of unbranched alkanes of at least 4 members (excludes halogenated alkanes) is 2. The summed E-state index contributed by atoms with van der Waals surface area (Å²) < 4.78 is 27.2. The fourth-order valence-corrected chi connectivity index (χ4v) is 5.20. The van der Waals surface area contributed by atoms with Gasteiger partial charge in [0.2, 0.25) is 0 Å². The molecule has 0 spiro atoms. The van der Waals surface area contributed by atoms with Gasteiger partial charge in [-0.3, -0.25) is 4.79 Å². The highest BCUT2D eigenvalue weighted by molar-refractivity contribution is 7.99. The van der Waals surface area contributed by atoms with Gasteiger partial charge in [0.05, 0.1) is 0 Å². The van der Waals surface area contributed by atoms with Gasteiger partial charge in [0.15, 0.2) is 0 Å². The van der Waals surface area contributed by atoms with E-state index in [1.165, 1.54) is 5.56 Å². The molecule has 6 heteroatoms. The smallest absolute Gasteiger partial charge is 0.285 e. The number of sulfonamides is 1. The van der Waals surface area contributed by atoms with Crippen molar-refractivity contribution in [2.24, 2.45) is 0 Å². The number of carbonyl (C=O) groups is 1. The Labute approximate surface area is 173 Å².